The summed E-state index contributed by atoms with van der Waals surface area (Å²) in [5.74, 6) is -0.213. The van der Waals surface area contributed by atoms with E-state index in [0.29, 0.717) is 29.3 Å². The van der Waals surface area contributed by atoms with E-state index in [9.17, 15) is 17.6 Å². The minimum atomic E-state index is -3.17. The topological polar surface area (TPSA) is 88.2 Å². The molecule has 1 aromatic heterocycles. The third-order valence-corrected chi connectivity index (χ3v) is 5.65. The third-order valence-electron chi connectivity index (χ3n) is 4.96. The Bertz CT molecular complexity index is 924. The number of nitrogens with one attached hydrogen (secondary N) is 2. The minimum absolute atomic E-state index is 0.0740. The molecule has 6 nitrogen and oxygen atoms in total. The molecule has 3 rings (SSSR count). The highest BCUT2D eigenvalue weighted by atomic mass is 32.2. The van der Waals surface area contributed by atoms with Gasteiger partial charge in [-0.05, 0) is 55.9 Å². The molecule has 2 N–H and O–H groups in total. The lowest BCUT2D eigenvalue weighted by Gasteiger charge is -2.29. The highest BCUT2D eigenvalue weighted by Crippen LogP contribution is 2.24. The van der Waals surface area contributed by atoms with E-state index < -0.39 is 10.0 Å². The van der Waals surface area contributed by atoms with Gasteiger partial charge >= 0.3 is 0 Å². The van der Waals surface area contributed by atoms with Crippen LogP contribution in [0, 0.1) is 11.7 Å². The molecule has 1 aliphatic rings. The summed E-state index contributed by atoms with van der Waals surface area (Å²) < 4.78 is 38.2. The number of nitrogens with zero attached hydrogens (tertiary/aromatic N) is 1. The zero-order valence-electron chi connectivity index (χ0n) is 15.7. The first-order valence-electron chi connectivity index (χ1n) is 9.27. The Labute approximate surface area is 164 Å². The Balaban J connectivity index is 1.51. The van der Waals surface area contributed by atoms with E-state index in [1.165, 1.54) is 18.3 Å². The van der Waals surface area contributed by atoms with Crippen molar-refractivity contribution in [3.05, 3.63) is 54.0 Å². The van der Waals surface area contributed by atoms with Crippen molar-refractivity contribution in [1.82, 2.24) is 15.0 Å². The smallest absolute Gasteiger partial charge is 0.253 e. The van der Waals surface area contributed by atoms with Gasteiger partial charge in [0.25, 0.3) is 5.91 Å². The van der Waals surface area contributed by atoms with Crippen LogP contribution in [0.1, 0.15) is 36.0 Å². The largest absolute Gasteiger partial charge is 0.349 e. The number of halogens is 1. The summed E-state index contributed by atoms with van der Waals surface area (Å²) >= 11 is 0. The van der Waals surface area contributed by atoms with Crippen molar-refractivity contribution >= 4 is 15.9 Å². The molecule has 0 unspecified atom stereocenters. The van der Waals surface area contributed by atoms with E-state index in [1.807, 2.05) is 0 Å². The number of aromatic nitrogens is 1. The molecule has 1 amide bonds. The lowest BCUT2D eigenvalue weighted by atomic mass is 9.86. The first-order valence-corrected chi connectivity index (χ1v) is 11.2. The van der Waals surface area contributed by atoms with Gasteiger partial charge in [-0.3, -0.25) is 9.78 Å². The van der Waals surface area contributed by atoms with Crippen LogP contribution in [-0.2, 0) is 10.0 Å². The first-order chi connectivity index (χ1) is 13.3. The van der Waals surface area contributed by atoms with Gasteiger partial charge < -0.3 is 5.32 Å². The molecule has 0 saturated heterocycles. The molecule has 2 aromatic rings. The minimum Gasteiger partial charge on any atom is -0.349 e. The Hall–Kier alpha value is -2.32. The van der Waals surface area contributed by atoms with Crippen LogP contribution in [0.15, 0.2) is 42.6 Å². The molecule has 1 heterocycles. The average molecular weight is 405 g/mol. The van der Waals surface area contributed by atoms with Gasteiger partial charge in [0.15, 0.2) is 0 Å². The normalized spacial score (nSPS) is 19.9. The van der Waals surface area contributed by atoms with Crippen LogP contribution in [0.2, 0.25) is 0 Å². The fourth-order valence-electron chi connectivity index (χ4n) is 3.40. The molecule has 0 atom stereocenters. The average Bonchev–Trinajstić information content (AvgIpc) is 2.67. The van der Waals surface area contributed by atoms with Crippen LogP contribution in [0.5, 0.6) is 0 Å². The lowest BCUT2D eigenvalue weighted by Crippen LogP contribution is -2.39. The van der Waals surface area contributed by atoms with Crippen molar-refractivity contribution in [2.45, 2.75) is 31.7 Å². The molecular weight excluding hydrogens is 381 g/mol. The predicted octanol–water partition coefficient (Wildman–Crippen LogP) is 2.73. The Morgan fingerprint density at radius 2 is 1.93 bits per heavy atom. The van der Waals surface area contributed by atoms with Gasteiger partial charge in [0.1, 0.15) is 5.82 Å². The van der Waals surface area contributed by atoms with Crippen LogP contribution in [0.4, 0.5) is 4.39 Å². The number of rotatable bonds is 6. The summed E-state index contributed by atoms with van der Waals surface area (Å²) in [6, 6.07) is 9.62. The highest BCUT2D eigenvalue weighted by Gasteiger charge is 2.23. The van der Waals surface area contributed by atoms with Crippen molar-refractivity contribution in [1.29, 1.82) is 0 Å². The number of hydrogen-bond donors (Lipinski definition) is 2. The van der Waals surface area contributed by atoms with E-state index in [4.69, 9.17) is 0 Å². The molecule has 1 saturated carbocycles. The van der Waals surface area contributed by atoms with Crippen LogP contribution < -0.4 is 10.0 Å². The number of amides is 1. The molecule has 0 radical (unpaired) electrons. The van der Waals surface area contributed by atoms with Crippen LogP contribution in [0.3, 0.4) is 0 Å². The van der Waals surface area contributed by atoms with Crippen molar-refractivity contribution < 1.29 is 17.6 Å². The van der Waals surface area contributed by atoms with Crippen molar-refractivity contribution in [3.63, 3.8) is 0 Å². The number of carbonyl (C=O) groups is 1. The van der Waals surface area contributed by atoms with Gasteiger partial charge in [-0.15, -0.1) is 0 Å². The molecule has 150 valence electrons. The van der Waals surface area contributed by atoms with Gasteiger partial charge in [0.2, 0.25) is 10.0 Å². The molecule has 0 bridgehead atoms. The number of sulfonamides is 1. The van der Waals surface area contributed by atoms with E-state index in [-0.39, 0.29) is 17.8 Å². The second-order valence-electron chi connectivity index (χ2n) is 7.25. The zero-order chi connectivity index (χ0) is 20.1. The monoisotopic (exact) mass is 405 g/mol. The molecule has 8 heteroatoms. The maximum absolute atomic E-state index is 13.3. The lowest BCUT2D eigenvalue weighted by molar-refractivity contribution is 0.0922. The fourth-order valence-corrected chi connectivity index (χ4v) is 3.93. The zero-order valence-corrected chi connectivity index (χ0v) is 16.5. The Morgan fingerprint density at radius 3 is 2.54 bits per heavy atom. The quantitative estimate of drug-likeness (QED) is 0.774. The summed E-state index contributed by atoms with van der Waals surface area (Å²) in [6.07, 6.45) is 6.02. The fraction of sp³-hybridized carbons (Fsp3) is 0.400. The standard InChI is InChI=1S/C20H24FN3O3S/c1-28(26,27)23-12-14-5-8-18(9-6-14)24-20(25)16-7-10-19(22-13-16)15-3-2-4-17(21)11-15/h2-4,7,10-11,13-14,18,23H,5-6,8-9,12H2,1H3,(H,24,25)/t14-,18-. The Kier molecular flexibility index (Phi) is 6.41. The number of carbonyl (C=O) groups excluding carboxylic acids is 1. The van der Waals surface area contributed by atoms with Crippen LogP contribution in [0.25, 0.3) is 11.3 Å². The maximum Gasteiger partial charge on any atom is 0.253 e. The van der Waals surface area contributed by atoms with Gasteiger partial charge in [-0.25, -0.2) is 17.5 Å². The molecule has 1 aromatic carbocycles. The molecular formula is C20H24FN3O3S. The molecule has 1 fully saturated rings. The highest BCUT2D eigenvalue weighted by molar-refractivity contribution is 7.88. The van der Waals surface area contributed by atoms with E-state index >= 15 is 0 Å². The van der Waals surface area contributed by atoms with Gasteiger partial charge in [0, 0.05) is 24.3 Å². The Morgan fingerprint density at radius 1 is 1.18 bits per heavy atom. The molecule has 1 aliphatic carbocycles. The van der Waals surface area contributed by atoms with E-state index in [1.54, 1.807) is 24.3 Å². The first kappa shape index (κ1) is 20.4. The van der Waals surface area contributed by atoms with Crippen molar-refractivity contribution in [2.24, 2.45) is 5.92 Å². The maximum atomic E-state index is 13.3. The van der Waals surface area contributed by atoms with Gasteiger partial charge in [-0.1, -0.05) is 12.1 Å². The SMILES string of the molecule is CS(=O)(=O)NC[C@H]1CC[C@H](NC(=O)c2ccc(-c3cccc(F)c3)nc2)CC1. The van der Waals surface area contributed by atoms with Gasteiger partial charge in [-0.2, -0.15) is 0 Å². The predicted molar refractivity (Wildman–Crippen MR) is 106 cm³/mol. The third kappa shape index (κ3) is 5.84. The van der Waals surface area contributed by atoms with Crippen molar-refractivity contribution in [3.8, 4) is 11.3 Å². The summed E-state index contributed by atoms with van der Waals surface area (Å²) in [6.45, 7) is 0.449. The second kappa shape index (κ2) is 8.79. The number of benzene rings is 1. The number of pyridine rings is 1. The van der Waals surface area contributed by atoms with Gasteiger partial charge in [0.05, 0.1) is 17.5 Å². The summed E-state index contributed by atoms with van der Waals surface area (Å²) in [7, 11) is -3.17. The second-order valence-corrected chi connectivity index (χ2v) is 9.09. The summed E-state index contributed by atoms with van der Waals surface area (Å²) in [5.41, 5.74) is 1.73. The number of hydrogen-bond acceptors (Lipinski definition) is 4. The van der Waals surface area contributed by atoms with E-state index in [2.05, 4.69) is 15.0 Å². The molecule has 0 aliphatic heterocycles. The van der Waals surface area contributed by atoms with E-state index in [0.717, 1.165) is 31.9 Å². The summed E-state index contributed by atoms with van der Waals surface area (Å²) in [5, 5.41) is 3.02. The van der Waals surface area contributed by atoms with Crippen molar-refractivity contribution in [2.75, 3.05) is 12.8 Å². The molecule has 0 spiro atoms. The summed E-state index contributed by atoms with van der Waals surface area (Å²) in [4.78, 5) is 16.7. The molecule has 28 heavy (non-hydrogen) atoms. The van der Waals surface area contributed by atoms with Crippen LogP contribution in [-0.4, -0.2) is 38.2 Å². The van der Waals surface area contributed by atoms with Crippen LogP contribution >= 0.6 is 0 Å².